The van der Waals surface area contributed by atoms with Crippen LogP contribution >= 0.6 is 11.6 Å². The van der Waals surface area contributed by atoms with E-state index < -0.39 is 40.9 Å². The Morgan fingerprint density at radius 2 is 1.74 bits per heavy atom. The summed E-state index contributed by atoms with van der Waals surface area (Å²) in [5.74, 6) is -1.88. The van der Waals surface area contributed by atoms with E-state index in [9.17, 15) is 37.7 Å². The smallest absolute Gasteiger partial charge is 0.352 e. The highest BCUT2D eigenvalue weighted by atomic mass is 35.5. The monoisotopic (exact) mass is 497 g/mol. The molecule has 0 atom stereocenters. The Morgan fingerprint density at radius 3 is 2.32 bits per heavy atom. The number of non-ortho nitro benzene ring substituents is 1. The highest BCUT2D eigenvalue weighted by Gasteiger charge is 2.39. The lowest BCUT2D eigenvalue weighted by Gasteiger charge is -2.36. The summed E-state index contributed by atoms with van der Waals surface area (Å²) in [4.78, 5) is 55.6. The van der Waals surface area contributed by atoms with Gasteiger partial charge in [-0.05, 0) is 12.1 Å². The van der Waals surface area contributed by atoms with Gasteiger partial charge in [-0.2, -0.15) is 13.2 Å². The zero-order valence-electron chi connectivity index (χ0n) is 17.2. The number of imide groups is 1. The number of aromatic nitrogens is 1. The van der Waals surface area contributed by atoms with E-state index in [0.29, 0.717) is 6.20 Å². The number of nitrogens with zero attached hydrogens (tertiary/aromatic N) is 5. The van der Waals surface area contributed by atoms with E-state index in [2.05, 4.69) is 4.98 Å². The molecule has 0 aliphatic carbocycles. The zero-order chi connectivity index (χ0) is 24.8. The van der Waals surface area contributed by atoms with E-state index in [4.69, 9.17) is 11.6 Å². The molecule has 1 aromatic heterocycles. The molecule has 34 heavy (non-hydrogen) atoms. The highest BCUT2D eigenvalue weighted by Crippen LogP contribution is 2.34. The van der Waals surface area contributed by atoms with Crippen LogP contribution in [0.25, 0.3) is 0 Å². The van der Waals surface area contributed by atoms with Gasteiger partial charge in [0.05, 0.1) is 26.6 Å². The topological polar surface area (TPSA) is 117 Å². The summed E-state index contributed by atoms with van der Waals surface area (Å²) < 4.78 is 38.4. The summed E-state index contributed by atoms with van der Waals surface area (Å²) in [6, 6.07) is 4.07. The summed E-state index contributed by atoms with van der Waals surface area (Å²) in [6.45, 7) is 0.217. The first kappa shape index (κ1) is 23.4. The molecule has 0 radical (unpaired) electrons. The molecular formula is C20H15ClF3N5O5. The van der Waals surface area contributed by atoms with Crippen LogP contribution in [0.2, 0.25) is 5.02 Å². The number of carbonyl (C=O) groups is 3. The van der Waals surface area contributed by atoms with Gasteiger partial charge < -0.3 is 9.80 Å². The Balaban J connectivity index is 1.39. The van der Waals surface area contributed by atoms with Crippen LogP contribution in [0.3, 0.4) is 0 Å². The molecule has 1 saturated heterocycles. The van der Waals surface area contributed by atoms with Crippen molar-refractivity contribution in [2.75, 3.05) is 37.6 Å². The van der Waals surface area contributed by atoms with Gasteiger partial charge in [0, 0.05) is 44.5 Å². The number of alkyl halides is 3. The number of nitro groups is 1. The summed E-state index contributed by atoms with van der Waals surface area (Å²) in [5, 5.41) is 10.8. The molecule has 1 aromatic carbocycles. The van der Waals surface area contributed by atoms with Crippen molar-refractivity contribution in [3.8, 4) is 0 Å². The summed E-state index contributed by atoms with van der Waals surface area (Å²) in [7, 11) is 0. The maximum Gasteiger partial charge on any atom is 0.417 e. The van der Waals surface area contributed by atoms with Crippen molar-refractivity contribution < 1.29 is 32.5 Å². The minimum Gasteiger partial charge on any atom is -0.352 e. The molecule has 178 valence electrons. The van der Waals surface area contributed by atoms with Crippen LogP contribution in [-0.4, -0.2) is 70.2 Å². The molecule has 0 saturated carbocycles. The first-order chi connectivity index (χ1) is 16.0. The predicted molar refractivity (Wildman–Crippen MR) is 112 cm³/mol. The van der Waals surface area contributed by atoms with Crippen LogP contribution < -0.4 is 4.90 Å². The standard InChI is InChI=1S/C20H15ClF3N5O5/c21-15-7-11(20(22,23)24)9-25-17(15)27-5-3-26(4-6-27)16(30)10-28-18(31)13-2-1-12(29(33)34)8-14(13)19(28)32/h1-2,7-9H,3-6,10H2. The van der Waals surface area contributed by atoms with Gasteiger partial charge in [-0.25, -0.2) is 4.98 Å². The Hall–Kier alpha value is -3.74. The number of amides is 3. The number of hydrogen-bond acceptors (Lipinski definition) is 7. The fourth-order valence-electron chi connectivity index (χ4n) is 3.76. The Labute approximate surface area is 194 Å². The molecule has 2 aromatic rings. The minimum absolute atomic E-state index is 0.0174. The quantitative estimate of drug-likeness (QED) is 0.362. The number of anilines is 1. The van der Waals surface area contributed by atoms with Crippen LogP contribution in [0.15, 0.2) is 30.5 Å². The average Bonchev–Trinajstić information content (AvgIpc) is 3.02. The van der Waals surface area contributed by atoms with Crippen molar-refractivity contribution in [2.24, 2.45) is 0 Å². The fourth-order valence-corrected chi connectivity index (χ4v) is 4.04. The first-order valence-electron chi connectivity index (χ1n) is 9.87. The van der Waals surface area contributed by atoms with Gasteiger partial charge in [-0.3, -0.25) is 29.4 Å². The maximum atomic E-state index is 12.8. The molecule has 0 spiro atoms. The average molecular weight is 498 g/mol. The van der Waals surface area contributed by atoms with Crippen LogP contribution in [0.4, 0.5) is 24.7 Å². The van der Waals surface area contributed by atoms with Crippen molar-refractivity contribution in [3.05, 3.63) is 62.3 Å². The summed E-state index contributed by atoms with van der Waals surface area (Å²) >= 11 is 5.98. The van der Waals surface area contributed by atoms with Crippen LogP contribution in [-0.2, 0) is 11.0 Å². The third-order valence-electron chi connectivity index (χ3n) is 5.54. The van der Waals surface area contributed by atoms with E-state index in [1.54, 1.807) is 4.90 Å². The second-order valence-electron chi connectivity index (χ2n) is 7.58. The molecule has 3 heterocycles. The molecule has 2 aliphatic heterocycles. The molecule has 10 nitrogen and oxygen atoms in total. The summed E-state index contributed by atoms with van der Waals surface area (Å²) in [6.07, 6.45) is -3.89. The normalized spacial score (nSPS) is 16.2. The van der Waals surface area contributed by atoms with Crippen LogP contribution in [0.5, 0.6) is 0 Å². The number of carbonyl (C=O) groups excluding carboxylic acids is 3. The number of benzene rings is 1. The van der Waals surface area contributed by atoms with Gasteiger partial charge >= 0.3 is 6.18 Å². The largest absolute Gasteiger partial charge is 0.417 e. The van der Waals surface area contributed by atoms with Crippen molar-refractivity contribution in [1.29, 1.82) is 0 Å². The van der Waals surface area contributed by atoms with Crippen molar-refractivity contribution in [3.63, 3.8) is 0 Å². The van der Waals surface area contributed by atoms with E-state index in [-0.39, 0.29) is 53.8 Å². The highest BCUT2D eigenvalue weighted by molar-refractivity contribution is 6.33. The second-order valence-corrected chi connectivity index (χ2v) is 7.99. The van der Waals surface area contributed by atoms with Gasteiger partial charge in [0.2, 0.25) is 5.91 Å². The lowest BCUT2D eigenvalue weighted by atomic mass is 10.1. The molecule has 4 rings (SSSR count). The van der Waals surface area contributed by atoms with E-state index in [1.165, 1.54) is 11.0 Å². The van der Waals surface area contributed by atoms with Gasteiger partial charge in [0.15, 0.2) is 0 Å². The second kappa shape index (κ2) is 8.56. The van der Waals surface area contributed by atoms with E-state index >= 15 is 0 Å². The Morgan fingerprint density at radius 1 is 1.09 bits per heavy atom. The molecule has 1 fully saturated rings. The molecule has 14 heteroatoms. The number of halogens is 4. The number of fused-ring (bicyclic) bond motifs is 1. The SMILES string of the molecule is O=C(CN1C(=O)c2ccc([N+](=O)[O-])cc2C1=O)N1CCN(c2ncc(C(F)(F)F)cc2Cl)CC1. The molecule has 3 amide bonds. The number of nitro benzene ring substituents is 1. The predicted octanol–water partition coefficient (Wildman–Crippen LogP) is 2.61. The zero-order valence-corrected chi connectivity index (χ0v) is 18.0. The minimum atomic E-state index is -4.57. The lowest BCUT2D eigenvalue weighted by molar-refractivity contribution is -0.384. The molecule has 2 aliphatic rings. The first-order valence-corrected chi connectivity index (χ1v) is 10.3. The van der Waals surface area contributed by atoms with E-state index in [0.717, 1.165) is 23.1 Å². The molecule has 0 bridgehead atoms. The number of piperazine rings is 1. The molecular weight excluding hydrogens is 483 g/mol. The third-order valence-corrected chi connectivity index (χ3v) is 5.82. The van der Waals surface area contributed by atoms with Crippen LogP contribution in [0.1, 0.15) is 26.3 Å². The summed E-state index contributed by atoms with van der Waals surface area (Å²) in [5.41, 5.74) is -1.47. The maximum absolute atomic E-state index is 12.8. The van der Waals surface area contributed by atoms with Gasteiger partial charge in [0.1, 0.15) is 12.4 Å². The Kier molecular flexibility index (Phi) is 5.89. The number of hydrogen-bond donors (Lipinski definition) is 0. The van der Waals surface area contributed by atoms with E-state index in [1.807, 2.05) is 0 Å². The van der Waals surface area contributed by atoms with Gasteiger partial charge in [-0.1, -0.05) is 11.6 Å². The molecule has 0 unspecified atom stereocenters. The van der Waals surface area contributed by atoms with Crippen molar-refractivity contribution in [1.82, 2.24) is 14.8 Å². The van der Waals surface area contributed by atoms with Crippen LogP contribution in [0, 0.1) is 10.1 Å². The molecule has 0 N–H and O–H groups in total. The van der Waals surface area contributed by atoms with Gasteiger partial charge in [0.25, 0.3) is 17.5 Å². The fraction of sp³-hybridized carbons (Fsp3) is 0.300. The van der Waals surface area contributed by atoms with Crippen molar-refractivity contribution in [2.45, 2.75) is 6.18 Å². The lowest BCUT2D eigenvalue weighted by Crippen LogP contribution is -2.52. The third kappa shape index (κ3) is 4.25. The van der Waals surface area contributed by atoms with Gasteiger partial charge in [-0.15, -0.1) is 0 Å². The Bertz CT molecular complexity index is 1210. The van der Waals surface area contributed by atoms with Crippen molar-refractivity contribution >= 4 is 40.8 Å². The number of pyridine rings is 1. The number of rotatable bonds is 4.